The molecule has 1 unspecified atom stereocenters. The maximum Gasteiger partial charge on any atom is 0.114 e. The first-order valence-corrected chi connectivity index (χ1v) is 6.46. The molecule has 3 rings (SSSR count). The number of hydrogen-bond acceptors (Lipinski definition) is 3. The third-order valence-corrected chi connectivity index (χ3v) is 4.14. The van der Waals surface area contributed by atoms with Crippen LogP contribution in [-0.4, -0.2) is 26.5 Å². The number of aromatic nitrogens is 3. The largest absolute Gasteiger partial charge is 0.239 e. The summed E-state index contributed by atoms with van der Waals surface area (Å²) in [6.45, 7) is 0. The second kappa shape index (κ2) is 3.68. The molecule has 1 aromatic heterocycles. The molecule has 0 bridgehead atoms. The van der Waals surface area contributed by atoms with Gasteiger partial charge in [-0.05, 0) is 24.3 Å². The molecule has 1 fully saturated rings. The van der Waals surface area contributed by atoms with E-state index < -0.39 is 0 Å². The lowest BCUT2D eigenvalue weighted by atomic mass is 10.2. The van der Waals surface area contributed by atoms with Crippen molar-refractivity contribution >= 4 is 34.4 Å². The van der Waals surface area contributed by atoms with Crippen LogP contribution in [0.4, 0.5) is 0 Å². The summed E-state index contributed by atoms with van der Waals surface area (Å²) in [6.07, 6.45) is 1.16. The van der Waals surface area contributed by atoms with Crippen LogP contribution in [0.5, 0.6) is 0 Å². The molecule has 0 radical (unpaired) electrons. The Morgan fingerprint density at radius 3 is 3.20 bits per heavy atom. The van der Waals surface area contributed by atoms with E-state index in [1.807, 2.05) is 34.6 Å². The monoisotopic (exact) mass is 239 g/mol. The molecule has 2 aromatic rings. The van der Waals surface area contributed by atoms with Gasteiger partial charge >= 0.3 is 0 Å². The van der Waals surface area contributed by atoms with Gasteiger partial charge in [0.15, 0.2) is 0 Å². The fourth-order valence-corrected chi connectivity index (χ4v) is 3.36. The van der Waals surface area contributed by atoms with Gasteiger partial charge < -0.3 is 0 Å². The van der Waals surface area contributed by atoms with Crippen LogP contribution in [0.15, 0.2) is 18.2 Å². The normalized spacial score (nSPS) is 21.3. The molecule has 1 aromatic carbocycles. The summed E-state index contributed by atoms with van der Waals surface area (Å²) < 4.78 is 1.98. The van der Waals surface area contributed by atoms with E-state index in [1.165, 1.54) is 5.75 Å². The van der Waals surface area contributed by atoms with E-state index >= 15 is 0 Å². The van der Waals surface area contributed by atoms with Crippen molar-refractivity contribution in [1.82, 2.24) is 15.0 Å². The number of halogens is 1. The summed E-state index contributed by atoms with van der Waals surface area (Å²) in [6, 6.07) is 6.21. The predicted molar refractivity (Wildman–Crippen MR) is 63.5 cm³/mol. The Labute approximate surface area is 96.8 Å². The highest BCUT2D eigenvalue weighted by molar-refractivity contribution is 7.99. The van der Waals surface area contributed by atoms with Crippen molar-refractivity contribution in [2.45, 2.75) is 12.5 Å². The van der Waals surface area contributed by atoms with Gasteiger partial charge in [-0.15, -0.1) is 5.10 Å². The Morgan fingerprint density at radius 1 is 1.47 bits per heavy atom. The van der Waals surface area contributed by atoms with Crippen LogP contribution in [0, 0.1) is 0 Å². The zero-order chi connectivity index (χ0) is 10.3. The number of fused-ring (bicyclic) bond motifs is 1. The number of benzene rings is 1. The molecule has 0 aliphatic carbocycles. The summed E-state index contributed by atoms with van der Waals surface area (Å²) in [7, 11) is 0. The van der Waals surface area contributed by atoms with E-state index in [9.17, 15) is 0 Å². The SMILES string of the molecule is Clc1cccc2nnn(C3CCSC3)c12. The molecular formula is C10H10ClN3S. The minimum atomic E-state index is 0.458. The lowest BCUT2D eigenvalue weighted by Crippen LogP contribution is -2.09. The smallest absolute Gasteiger partial charge is 0.114 e. The lowest BCUT2D eigenvalue weighted by Gasteiger charge is -2.09. The van der Waals surface area contributed by atoms with Gasteiger partial charge in [-0.1, -0.05) is 22.9 Å². The van der Waals surface area contributed by atoms with Crippen molar-refractivity contribution in [3.63, 3.8) is 0 Å². The molecule has 1 saturated heterocycles. The molecule has 0 N–H and O–H groups in total. The fourth-order valence-electron chi connectivity index (χ4n) is 1.92. The minimum absolute atomic E-state index is 0.458. The number of rotatable bonds is 1. The van der Waals surface area contributed by atoms with Gasteiger partial charge in [0, 0.05) is 5.75 Å². The van der Waals surface area contributed by atoms with Crippen molar-refractivity contribution in [3.8, 4) is 0 Å². The molecule has 15 heavy (non-hydrogen) atoms. The Balaban J connectivity index is 2.18. The summed E-state index contributed by atoms with van der Waals surface area (Å²) in [5.41, 5.74) is 1.87. The van der Waals surface area contributed by atoms with E-state index in [0.717, 1.165) is 28.2 Å². The van der Waals surface area contributed by atoms with E-state index in [2.05, 4.69) is 10.3 Å². The lowest BCUT2D eigenvalue weighted by molar-refractivity contribution is 0.501. The van der Waals surface area contributed by atoms with Crippen LogP contribution in [-0.2, 0) is 0 Å². The molecule has 1 atom stereocenters. The molecule has 1 aliphatic rings. The summed E-state index contributed by atoms with van der Waals surface area (Å²) in [5, 5.41) is 9.10. The standard InChI is InChI=1S/C10H10ClN3S/c11-8-2-1-3-9-10(8)14(13-12-9)7-4-5-15-6-7/h1-3,7H,4-6H2. The Morgan fingerprint density at radius 2 is 2.40 bits per heavy atom. The van der Waals surface area contributed by atoms with E-state index in [-0.39, 0.29) is 0 Å². The summed E-state index contributed by atoms with van der Waals surface area (Å²) >= 11 is 8.14. The van der Waals surface area contributed by atoms with Gasteiger partial charge in [0.2, 0.25) is 0 Å². The maximum absolute atomic E-state index is 6.17. The number of thioether (sulfide) groups is 1. The Hall–Kier alpha value is -0.740. The van der Waals surface area contributed by atoms with Gasteiger partial charge in [-0.2, -0.15) is 11.8 Å². The molecule has 0 spiro atoms. The molecule has 0 saturated carbocycles. The zero-order valence-corrected chi connectivity index (χ0v) is 9.63. The summed E-state index contributed by atoms with van der Waals surface area (Å²) in [5.74, 6) is 2.32. The van der Waals surface area contributed by atoms with Crippen molar-refractivity contribution in [2.24, 2.45) is 0 Å². The second-order valence-electron chi connectivity index (χ2n) is 3.66. The molecule has 78 valence electrons. The highest BCUT2D eigenvalue weighted by atomic mass is 35.5. The van der Waals surface area contributed by atoms with Crippen LogP contribution in [0.25, 0.3) is 11.0 Å². The van der Waals surface area contributed by atoms with E-state index in [1.54, 1.807) is 0 Å². The van der Waals surface area contributed by atoms with Crippen LogP contribution in [0.1, 0.15) is 12.5 Å². The van der Waals surface area contributed by atoms with Gasteiger partial charge in [-0.3, -0.25) is 0 Å². The van der Waals surface area contributed by atoms with Gasteiger partial charge in [-0.25, -0.2) is 4.68 Å². The zero-order valence-electron chi connectivity index (χ0n) is 8.06. The fraction of sp³-hybridized carbons (Fsp3) is 0.400. The average Bonchev–Trinajstić information content (AvgIpc) is 2.85. The molecule has 2 heterocycles. The summed E-state index contributed by atoms with van der Waals surface area (Å²) in [4.78, 5) is 0. The average molecular weight is 240 g/mol. The van der Waals surface area contributed by atoms with Crippen molar-refractivity contribution in [3.05, 3.63) is 23.2 Å². The van der Waals surface area contributed by atoms with E-state index in [0.29, 0.717) is 6.04 Å². The van der Waals surface area contributed by atoms with E-state index in [4.69, 9.17) is 11.6 Å². The Kier molecular flexibility index (Phi) is 2.33. The maximum atomic E-state index is 6.17. The number of nitrogens with zero attached hydrogens (tertiary/aromatic N) is 3. The number of para-hydroxylation sites is 1. The number of hydrogen-bond donors (Lipinski definition) is 0. The van der Waals surface area contributed by atoms with Crippen LogP contribution < -0.4 is 0 Å². The topological polar surface area (TPSA) is 30.7 Å². The van der Waals surface area contributed by atoms with Crippen LogP contribution in [0.2, 0.25) is 5.02 Å². The molecule has 3 nitrogen and oxygen atoms in total. The van der Waals surface area contributed by atoms with Crippen molar-refractivity contribution in [1.29, 1.82) is 0 Å². The second-order valence-corrected chi connectivity index (χ2v) is 5.22. The van der Waals surface area contributed by atoms with Crippen molar-refractivity contribution < 1.29 is 0 Å². The molecule has 0 amide bonds. The van der Waals surface area contributed by atoms with Gasteiger partial charge in [0.05, 0.1) is 11.1 Å². The van der Waals surface area contributed by atoms with Crippen molar-refractivity contribution in [2.75, 3.05) is 11.5 Å². The first-order valence-electron chi connectivity index (χ1n) is 4.93. The molecule has 5 heteroatoms. The third kappa shape index (κ3) is 1.52. The minimum Gasteiger partial charge on any atom is -0.239 e. The molecule has 1 aliphatic heterocycles. The molecular weight excluding hydrogens is 230 g/mol. The van der Waals surface area contributed by atoms with Crippen LogP contribution in [0.3, 0.4) is 0 Å². The quantitative estimate of drug-likeness (QED) is 0.767. The first kappa shape index (κ1) is 9.48. The Bertz CT molecular complexity index is 490. The van der Waals surface area contributed by atoms with Gasteiger partial charge in [0.1, 0.15) is 11.0 Å². The highest BCUT2D eigenvalue weighted by Crippen LogP contribution is 2.31. The highest BCUT2D eigenvalue weighted by Gasteiger charge is 2.21. The van der Waals surface area contributed by atoms with Gasteiger partial charge in [0.25, 0.3) is 0 Å². The first-order chi connectivity index (χ1) is 7.36. The van der Waals surface area contributed by atoms with Crippen LogP contribution >= 0.6 is 23.4 Å². The predicted octanol–water partition coefficient (Wildman–Crippen LogP) is 2.76. The third-order valence-electron chi connectivity index (χ3n) is 2.69.